The van der Waals surface area contributed by atoms with Gasteiger partial charge >= 0.3 is 0 Å². The van der Waals surface area contributed by atoms with Gasteiger partial charge in [0.1, 0.15) is 5.82 Å². The van der Waals surface area contributed by atoms with Crippen LogP contribution in [0.1, 0.15) is 5.56 Å². The molecule has 0 N–H and O–H groups in total. The SMILES string of the molecule is Fc1cc(-c2ccc(Cl)c(Cl)c2Cl)ccc1CBr. The Morgan fingerprint density at radius 1 is 1.00 bits per heavy atom. The monoisotopic (exact) mass is 366 g/mol. The molecule has 94 valence electrons. The van der Waals surface area contributed by atoms with E-state index in [1.165, 1.54) is 6.07 Å². The van der Waals surface area contributed by atoms with Gasteiger partial charge in [-0.25, -0.2) is 4.39 Å². The molecule has 5 heteroatoms. The van der Waals surface area contributed by atoms with Crippen LogP contribution >= 0.6 is 50.7 Å². The van der Waals surface area contributed by atoms with Crippen molar-refractivity contribution in [1.29, 1.82) is 0 Å². The minimum absolute atomic E-state index is 0.279. The molecule has 2 rings (SSSR count). The zero-order valence-corrected chi connectivity index (χ0v) is 12.8. The molecule has 0 saturated carbocycles. The molecule has 0 amide bonds. The second-order valence-corrected chi connectivity index (χ2v) is 5.39. The number of alkyl halides is 1. The van der Waals surface area contributed by atoms with E-state index in [4.69, 9.17) is 34.8 Å². The Balaban J connectivity index is 2.56. The fourth-order valence-corrected chi connectivity index (χ4v) is 2.67. The summed E-state index contributed by atoms with van der Waals surface area (Å²) in [5.74, 6) is -0.286. The maximum Gasteiger partial charge on any atom is 0.127 e. The van der Waals surface area contributed by atoms with Crippen molar-refractivity contribution in [2.75, 3.05) is 0 Å². The number of halogens is 5. The molecular weight excluding hydrogens is 361 g/mol. The molecule has 0 aliphatic heterocycles. The van der Waals surface area contributed by atoms with Gasteiger partial charge in [-0.1, -0.05) is 68.9 Å². The van der Waals surface area contributed by atoms with Crippen molar-refractivity contribution in [3.8, 4) is 11.1 Å². The third-order valence-corrected chi connectivity index (χ3v) is 4.44. The number of hydrogen-bond donors (Lipinski definition) is 0. The van der Waals surface area contributed by atoms with E-state index in [0.717, 1.165) is 0 Å². The lowest BCUT2D eigenvalue weighted by atomic mass is 10.0. The number of hydrogen-bond acceptors (Lipinski definition) is 0. The molecule has 0 radical (unpaired) electrons. The molecule has 0 aromatic heterocycles. The Labute approximate surface area is 128 Å². The van der Waals surface area contributed by atoms with Crippen molar-refractivity contribution >= 4 is 50.7 Å². The highest BCUT2D eigenvalue weighted by molar-refractivity contribution is 9.08. The summed E-state index contributed by atoms with van der Waals surface area (Å²) in [6.07, 6.45) is 0. The lowest BCUT2D eigenvalue weighted by Gasteiger charge is -2.09. The molecule has 0 saturated heterocycles. The zero-order valence-electron chi connectivity index (χ0n) is 8.98. The molecule has 2 aromatic carbocycles. The predicted molar refractivity (Wildman–Crippen MR) is 79.5 cm³/mol. The highest BCUT2D eigenvalue weighted by Crippen LogP contribution is 2.38. The van der Waals surface area contributed by atoms with E-state index in [-0.39, 0.29) is 10.8 Å². The maximum absolute atomic E-state index is 13.7. The van der Waals surface area contributed by atoms with Crippen LogP contribution in [0.15, 0.2) is 30.3 Å². The molecule has 0 aliphatic rings. The second-order valence-electron chi connectivity index (χ2n) is 3.66. The summed E-state index contributed by atoms with van der Waals surface area (Å²) in [7, 11) is 0. The maximum atomic E-state index is 13.7. The first-order valence-corrected chi connectivity index (χ1v) is 7.28. The fraction of sp³-hybridized carbons (Fsp3) is 0.0769. The van der Waals surface area contributed by atoms with E-state index >= 15 is 0 Å². The van der Waals surface area contributed by atoms with E-state index in [2.05, 4.69) is 15.9 Å². The highest BCUT2D eigenvalue weighted by atomic mass is 79.9. The van der Waals surface area contributed by atoms with Crippen LogP contribution in [-0.4, -0.2) is 0 Å². The van der Waals surface area contributed by atoms with Crippen LogP contribution in [0.5, 0.6) is 0 Å². The Morgan fingerprint density at radius 2 is 1.72 bits per heavy atom. The molecule has 0 heterocycles. The molecule has 2 aromatic rings. The van der Waals surface area contributed by atoms with Crippen LogP contribution in [-0.2, 0) is 5.33 Å². The summed E-state index contributed by atoms with van der Waals surface area (Å²) < 4.78 is 13.7. The van der Waals surface area contributed by atoms with Crippen molar-refractivity contribution in [2.45, 2.75) is 5.33 Å². The van der Waals surface area contributed by atoms with Crippen LogP contribution in [0, 0.1) is 5.82 Å². The predicted octanol–water partition coefficient (Wildman–Crippen LogP) is 6.35. The molecule has 0 nitrogen and oxygen atoms in total. The molecule has 0 bridgehead atoms. The van der Waals surface area contributed by atoms with Crippen molar-refractivity contribution < 1.29 is 4.39 Å². The topological polar surface area (TPSA) is 0 Å². The van der Waals surface area contributed by atoms with E-state index in [1.54, 1.807) is 24.3 Å². The van der Waals surface area contributed by atoms with Crippen LogP contribution in [0.2, 0.25) is 15.1 Å². The Hall–Kier alpha value is -0.280. The molecule has 0 unspecified atom stereocenters. The van der Waals surface area contributed by atoms with Crippen molar-refractivity contribution in [3.63, 3.8) is 0 Å². The largest absolute Gasteiger partial charge is 0.207 e. The van der Waals surface area contributed by atoms with Crippen LogP contribution in [0.4, 0.5) is 4.39 Å². The minimum Gasteiger partial charge on any atom is -0.207 e. The summed E-state index contributed by atoms with van der Waals surface area (Å²) in [6.45, 7) is 0. The summed E-state index contributed by atoms with van der Waals surface area (Å²) in [5.41, 5.74) is 1.92. The standard InChI is InChI=1S/C13H7BrCl3F/c14-6-8-2-1-7(5-11(8)18)9-3-4-10(15)13(17)12(9)16/h1-5H,6H2. The molecule has 0 aliphatic carbocycles. The van der Waals surface area contributed by atoms with Gasteiger partial charge in [0, 0.05) is 10.9 Å². The average Bonchev–Trinajstić information content (AvgIpc) is 2.36. The molecule has 18 heavy (non-hydrogen) atoms. The Morgan fingerprint density at radius 3 is 2.33 bits per heavy atom. The van der Waals surface area contributed by atoms with Crippen LogP contribution < -0.4 is 0 Å². The first-order chi connectivity index (χ1) is 8.54. The van der Waals surface area contributed by atoms with Gasteiger partial charge in [-0.2, -0.15) is 0 Å². The average molecular weight is 368 g/mol. The van der Waals surface area contributed by atoms with E-state index in [1.807, 2.05) is 0 Å². The van der Waals surface area contributed by atoms with Gasteiger partial charge in [0.15, 0.2) is 0 Å². The normalized spacial score (nSPS) is 10.7. The fourth-order valence-electron chi connectivity index (χ4n) is 1.57. The van der Waals surface area contributed by atoms with Gasteiger partial charge in [0.25, 0.3) is 0 Å². The number of rotatable bonds is 2. The van der Waals surface area contributed by atoms with E-state index in [0.29, 0.717) is 32.1 Å². The molecule has 0 spiro atoms. The van der Waals surface area contributed by atoms with Gasteiger partial charge in [0.2, 0.25) is 0 Å². The smallest absolute Gasteiger partial charge is 0.127 e. The van der Waals surface area contributed by atoms with Crippen molar-refractivity contribution in [1.82, 2.24) is 0 Å². The van der Waals surface area contributed by atoms with Gasteiger partial charge in [-0.05, 0) is 23.3 Å². The third kappa shape index (κ3) is 2.67. The van der Waals surface area contributed by atoms with Gasteiger partial charge in [-0.15, -0.1) is 0 Å². The van der Waals surface area contributed by atoms with Crippen molar-refractivity contribution in [2.24, 2.45) is 0 Å². The quantitative estimate of drug-likeness (QED) is 0.428. The van der Waals surface area contributed by atoms with E-state index < -0.39 is 0 Å². The van der Waals surface area contributed by atoms with Crippen molar-refractivity contribution in [3.05, 3.63) is 56.8 Å². The minimum atomic E-state index is -0.286. The van der Waals surface area contributed by atoms with E-state index in [9.17, 15) is 4.39 Å². The summed E-state index contributed by atoms with van der Waals surface area (Å²) in [5, 5.41) is 1.45. The lowest BCUT2D eigenvalue weighted by Crippen LogP contribution is -1.88. The van der Waals surface area contributed by atoms with Crippen LogP contribution in [0.3, 0.4) is 0 Å². The molecular formula is C13H7BrCl3F. The van der Waals surface area contributed by atoms with Crippen LogP contribution in [0.25, 0.3) is 11.1 Å². The summed E-state index contributed by atoms with van der Waals surface area (Å²) in [6, 6.07) is 8.30. The zero-order chi connectivity index (χ0) is 13.3. The summed E-state index contributed by atoms with van der Waals surface area (Å²) in [4.78, 5) is 0. The summed E-state index contributed by atoms with van der Waals surface area (Å²) >= 11 is 21.2. The number of benzene rings is 2. The third-order valence-electron chi connectivity index (χ3n) is 2.54. The van der Waals surface area contributed by atoms with Gasteiger partial charge in [-0.3, -0.25) is 0 Å². The first kappa shape index (κ1) is 14.1. The second kappa shape index (κ2) is 5.79. The lowest BCUT2D eigenvalue weighted by molar-refractivity contribution is 0.618. The van der Waals surface area contributed by atoms with Gasteiger partial charge < -0.3 is 0 Å². The van der Waals surface area contributed by atoms with Gasteiger partial charge in [0.05, 0.1) is 15.1 Å². The highest BCUT2D eigenvalue weighted by Gasteiger charge is 2.12. The first-order valence-electron chi connectivity index (χ1n) is 5.03. The molecule has 0 fully saturated rings. The molecule has 0 atom stereocenters. The Bertz CT molecular complexity index is 599. The Kier molecular flexibility index (Phi) is 4.54.